The van der Waals surface area contributed by atoms with Crippen LogP contribution in [-0.2, 0) is 4.79 Å². The molecular formula is C18H17NO3. The Kier molecular flexibility index (Phi) is 2.83. The summed E-state index contributed by atoms with van der Waals surface area (Å²) in [5.74, 6) is 2.14. The number of nitro groups is 1. The number of carbonyl (C=O) groups excluding carboxylic acids is 1. The Balaban J connectivity index is 1.66. The molecule has 0 spiro atoms. The van der Waals surface area contributed by atoms with Crippen molar-refractivity contribution in [1.29, 1.82) is 0 Å². The number of ketones is 1. The van der Waals surface area contributed by atoms with Gasteiger partial charge < -0.3 is 0 Å². The molecule has 0 heterocycles. The maximum absolute atomic E-state index is 12.8. The molecule has 3 aliphatic carbocycles. The van der Waals surface area contributed by atoms with Gasteiger partial charge in [-0.1, -0.05) is 19.1 Å². The molecule has 22 heavy (non-hydrogen) atoms. The Morgan fingerprint density at radius 2 is 1.86 bits per heavy atom. The molecule has 1 aromatic carbocycles. The Bertz CT molecular complexity index is 716. The lowest BCUT2D eigenvalue weighted by atomic mass is 9.81. The summed E-state index contributed by atoms with van der Waals surface area (Å²) in [5, 5.41) is 10.7. The highest BCUT2D eigenvalue weighted by molar-refractivity contribution is 6.04. The van der Waals surface area contributed by atoms with Gasteiger partial charge in [-0.3, -0.25) is 14.9 Å². The van der Waals surface area contributed by atoms with Crippen LogP contribution in [0, 0.1) is 39.7 Å². The second kappa shape index (κ2) is 4.63. The van der Waals surface area contributed by atoms with Crippen molar-refractivity contribution in [1.82, 2.24) is 0 Å². The van der Waals surface area contributed by atoms with Crippen molar-refractivity contribution >= 4 is 17.5 Å². The van der Waals surface area contributed by atoms with Gasteiger partial charge in [0.1, 0.15) is 0 Å². The summed E-state index contributed by atoms with van der Waals surface area (Å²) in [7, 11) is 0. The fourth-order valence-electron chi connectivity index (χ4n) is 4.61. The minimum atomic E-state index is -0.409. The van der Waals surface area contributed by atoms with Gasteiger partial charge in [0.2, 0.25) is 0 Å². The lowest BCUT2D eigenvalue weighted by molar-refractivity contribution is -0.384. The molecular weight excluding hydrogens is 278 g/mol. The summed E-state index contributed by atoms with van der Waals surface area (Å²) in [5.41, 5.74) is 1.83. The van der Waals surface area contributed by atoms with E-state index in [1.165, 1.54) is 12.1 Å². The number of carbonyl (C=O) groups is 1. The van der Waals surface area contributed by atoms with E-state index in [4.69, 9.17) is 0 Å². The molecule has 3 aliphatic rings. The summed E-state index contributed by atoms with van der Waals surface area (Å²) < 4.78 is 0. The number of benzene rings is 1. The van der Waals surface area contributed by atoms with Crippen LogP contribution in [0.15, 0.2) is 42.0 Å². The van der Waals surface area contributed by atoms with E-state index in [0.717, 1.165) is 17.6 Å². The van der Waals surface area contributed by atoms with Gasteiger partial charge in [0.05, 0.1) is 4.92 Å². The lowest BCUT2D eigenvalue weighted by Crippen LogP contribution is -2.20. The number of rotatable bonds is 2. The Morgan fingerprint density at radius 1 is 1.18 bits per heavy atom. The normalized spacial score (nSPS) is 37.0. The third kappa shape index (κ3) is 1.79. The van der Waals surface area contributed by atoms with Crippen LogP contribution in [0.3, 0.4) is 0 Å². The van der Waals surface area contributed by atoms with Gasteiger partial charge in [-0.2, -0.15) is 0 Å². The highest BCUT2D eigenvalue weighted by atomic mass is 16.6. The standard InChI is InChI=1S/C18H17NO3/c1-10-15(8-11-2-6-14(7-3-11)19(21)22)18(20)17-13-5-4-12(9-13)16(10)17/h2-8,10,12-13,16-17H,9H2,1H3/t10-,12+,13-,16-,17+/m1/s1. The number of hydrogen-bond donors (Lipinski definition) is 0. The first kappa shape index (κ1) is 13.4. The van der Waals surface area contributed by atoms with E-state index in [2.05, 4.69) is 19.1 Å². The second-order valence-electron chi connectivity index (χ2n) is 6.65. The number of hydrogen-bond acceptors (Lipinski definition) is 3. The molecule has 0 aliphatic heterocycles. The van der Waals surface area contributed by atoms with E-state index in [-0.39, 0.29) is 23.3 Å². The van der Waals surface area contributed by atoms with E-state index in [0.29, 0.717) is 17.8 Å². The third-order valence-electron chi connectivity index (χ3n) is 5.60. The summed E-state index contributed by atoms with van der Waals surface area (Å²) >= 11 is 0. The van der Waals surface area contributed by atoms with Crippen molar-refractivity contribution in [2.24, 2.45) is 29.6 Å². The zero-order valence-corrected chi connectivity index (χ0v) is 12.3. The molecule has 0 radical (unpaired) electrons. The van der Waals surface area contributed by atoms with E-state index in [9.17, 15) is 14.9 Å². The van der Waals surface area contributed by atoms with Gasteiger partial charge in [-0.15, -0.1) is 0 Å². The molecule has 0 unspecified atom stereocenters. The molecule has 0 aromatic heterocycles. The van der Waals surface area contributed by atoms with Crippen molar-refractivity contribution in [3.63, 3.8) is 0 Å². The summed E-state index contributed by atoms with van der Waals surface area (Å²) in [6.07, 6.45) is 7.56. The molecule has 2 saturated carbocycles. The van der Waals surface area contributed by atoms with Crippen molar-refractivity contribution in [2.75, 3.05) is 0 Å². The van der Waals surface area contributed by atoms with Crippen LogP contribution in [0.5, 0.6) is 0 Å². The number of allylic oxidation sites excluding steroid dienone is 3. The highest BCUT2D eigenvalue weighted by Crippen LogP contribution is 2.57. The van der Waals surface area contributed by atoms with Crippen LogP contribution in [0.25, 0.3) is 6.08 Å². The fourth-order valence-corrected chi connectivity index (χ4v) is 4.61. The first-order valence-corrected chi connectivity index (χ1v) is 7.75. The molecule has 112 valence electrons. The zero-order valence-electron chi connectivity index (χ0n) is 12.3. The van der Waals surface area contributed by atoms with Crippen LogP contribution in [0.1, 0.15) is 18.9 Å². The fraction of sp³-hybridized carbons (Fsp3) is 0.389. The Labute approximate surface area is 128 Å². The van der Waals surface area contributed by atoms with Gasteiger partial charge in [0, 0.05) is 18.1 Å². The van der Waals surface area contributed by atoms with E-state index < -0.39 is 4.92 Å². The smallest absolute Gasteiger partial charge is 0.269 e. The average Bonchev–Trinajstić information content (AvgIpc) is 3.17. The summed E-state index contributed by atoms with van der Waals surface area (Å²) in [6.45, 7) is 2.15. The van der Waals surface area contributed by atoms with E-state index in [1.54, 1.807) is 12.1 Å². The maximum atomic E-state index is 12.8. The predicted octanol–water partition coefficient (Wildman–Crippen LogP) is 3.64. The monoisotopic (exact) mass is 295 g/mol. The van der Waals surface area contributed by atoms with Crippen LogP contribution in [-0.4, -0.2) is 10.7 Å². The Hall–Kier alpha value is -2.23. The molecule has 2 fully saturated rings. The first-order chi connectivity index (χ1) is 10.6. The number of nitro benzene ring substituents is 1. The SMILES string of the molecule is C[C@@H]1C(=Cc2ccc([N+](=O)[O-])cc2)C(=O)[C@@H]2[C@H]1[C@H]1C=C[C@@H]2C1. The molecule has 0 N–H and O–H groups in total. The van der Waals surface area contributed by atoms with Crippen LogP contribution in [0.2, 0.25) is 0 Å². The summed E-state index contributed by atoms with van der Waals surface area (Å²) in [4.78, 5) is 23.0. The predicted molar refractivity (Wildman–Crippen MR) is 83.0 cm³/mol. The third-order valence-corrected chi connectivity index (χ3v) is 5.60. The first-order valence-electron chi connectivity index (χ1n) is 7.75. The molecule has 0 saturated heterocycles. The van der Waals surface area contributed by atoms with E-state index in [1.807, 2.05) is 6.08 Å². The highest BCUT2D eigenvalue weighted by Gasteiger charge is 2.56. The molecule has 0 amide bonds. The number of fused-ring (bicyclic) bond motifs is 5. The molecule has 4 heteroatoms. The minimum Gasteiger partial charge on any atom is -0.294 e. The van der Waals surface area contributed by atoms with Crippen LogP contribution < -0.4 is 0 Å². The zero-order chi connectivity index (χ0) is 15.4. The van der Waals surface area contributed by atoms with Crippen molar-refractivity contribution in [3.05, 3.63) is 57.7 Å². The minimum absolute atomic E-state index is 0.0760. The largest absolute Gasteiger partial charge is 0.294 e. The Morgan fingerprint density at radius 3 is 2.50 bits per heavy atom. The second-order valence-corrected chi connectivity index (χ2v) is 6.65. The average molecular weight is 295 g/mol. The number of non-ortho nitro benzene ring substituents is 1. The van der Waals surface area contributed by atoms with Gasteiger partial charge in [-0.05, 0) is 59.4 Å². The van der Waals surface area contributed by atoms with Crippen LogP contribution in [0.4, 0.5) is 5.69 Å². The van der Waals surface area contributed by atoms with Crippen molar-refractivity contribution < 1.29 is 9.72 Å². The van der Waals surface area contributed by atoms with Crippen molar-refractivity contribution in [3.8, 4) is 0 Å². The maximum Gasteiger partial charge on any atom is 0.269 e. The van der Waals surface area contributed by atoms with Gasteiger partial charge >= 0.3 is 0 Å². The molecule has 2 bridgehead atoms. The van der Waals surface area contributed by atoms with Gasteiger partial charge in [-0.25, -0.2) is 0 Å². The van der Waals surface area contributed by atoms with Crippen LogP contribution >= 0.6 is 0 Å². The topological polar surface area (TPSA) is 60.2 Å². The quantitative estimate of drug-likeness (QED) is 0.362. The summed E-state index contributed by atoms with van der Waals surface area (Å²) in [6, 6.07) is 6.41. The molecule has 4 rings (SSSR count). The number of Topliss-reactive ketones (excluding diaryl/α,β-unsaturated/α-hetero) is 1. The lowest BCUT2D eigenvalue weighted by Gasteiger charge is -2.21. The number of nitrogens with zero attached hydrogens (tertiary/aromatic N) is 1. The van der Waals surface area contributed by atoms with Crippen molar-refractivity contribution in [2.45, 2.75) is 13.3 Å². The van der Waals surface area contributed by atoms with E-state index >= 15 is 0 Å². The molecule has 1 aromatic rings. The van der Waals surface area contributed by atoms with Gasteiger partial charge in [0.15, 0.2) is 5.78 Å². The molecule has 4 nitrogen and oxygen atoms in total. The van der Waals surface area contributed by atoms with Gasteiger partial charge in [0.25, 0.3) is 5.69 Å². The molecule has 5 atom stereocenters.